The van der Waals surface area contributed by atoms with Crippen LogP contribution in [-0.4, -0.2) is 44.4 Å². The fourth-order valence-corrected chi connectivity index (χ4v) is 2.89. The van der Waals surface area contributed by atoms with Gasteiger partial charge in [0, 0.05) is 25.5 Å². The van der Waals surface area contributed by atoms with Gasteiger partial charge in [-0.1, -0.05) is 11.2 Å². The lowest BCUT2D eigenvalue weighted by atomic mass is 10.1. The zero-order chi connectivity index (χ0) is 16.4. The highest BCUT2D eigenvalue weighted by Gasteiger charge is 2.23. The molecule has 1 aliphatic heterocycles. The molecule has 1 atom stereocenters. The van der Waals surface area contributed by atoms with Crippen molar-refractivity contribution in [3.05, 3.63) is 42.7 Å². The van der Waals surface area contributed by atoms with Gasteiger partial charge in [-0.25, -0.2) is 4.98 Å². The molecular weight excluding hydrogens is 306 g/mol. The smallest absolute Gasteiger partial charge is 0.262 e. The lowest BCUT2D eigenvalue weighted by Gasteiger charge is -2.31. The number of hydrogen-bond donors (Lipinski definition) is 1. The van der Waals surface area contributed by atoms with E-state index in [1.54, 1.807) is 12.4 Å². The molecule has 1 saturated heterocycles. The standard InChI is InChI=1S/C17H17N5O2/c23-12-5-4-10-22(11-12)16-13(6-3-9-19-16)17-20-15(21-24-17)14-7-1-2-8-18-14/h1-3,6-9,12,23H,4-5,10-11H2. The highest BCUT2D eigenvalue weighted by atomic mass is 16.5. The molecule has 4 rings (SSSR count). The van der Waals surface area contributed by atoms with Crippen LogP contribution in [0.5, 0.6) is 0 Å². The Balaban J connectivity index is 1.69. The summed E-state index contributed by atoms with van der Waals surface area (Å²) in [5.41, 5.74) is 1.42. The number of aliphatic hydroxyl groups excluding tert-OH is 1. The molecule has 3 aromatic heterocycles. The van der Waals surface area contributed by atoms with Crippen LogP contribution < -0.4 is 4.90 Å². The number of pyridine rings is 2. The Morgan fingerprint density at radius 1 is 1.12 bits per heavy atom. The zero-order valence-corrected chi connectivity index (χ0v) is 13.0. The molecule has 0 saturated carbocycles. The number of anilines is 1. The van der Waals surface area contributed by atoms with E-state index in [4.69, 9.17) is 4.52 Å². The molecule has 0 radical (unpaired) electrons. The van der Waals surface area contributed by atoms with Crippen LogP contribution >= 0.6 is 0 Å². The molecule has 0 aromatic carbocycles. The van der Waals surface area contributed by atoms with Crippen LogP contribution in [0.15, 0.2) is 47.2 Å². The third-order valence-electron chi connectivity index (χ3n) is 4.03. The number of β-amino-alcohol motifs (C(OH)–C–C–N with tert-alkyl or cyclic N) is 1. The maximum Gasteiger partial charge on any atom is 0.262 e. The number of nitrogens with zero attached hydrogens (tertiary/aromatic N) is 5. The summed E-state index contributed by atoms with van der Waals surface area (Å²) in [7, 11) is 0. The first-order chi connectivity index (χ1) is 11.8. The topological polar surface area (TPSA) is 88.2 Å². The second kappa shape index (κ2) is 6.37. The van der Waals surface area contributed by atoms with E-state index in [1.807, 2.05) is 30.3 Å². The van der Waals surface area contributed by atoms with E-state index in [9.17, 15) is 5.11 Å². The van der Waals surface area contributed by atoms with Gasteiger partial charge in [-0.15, -0.1) is 0 Å². The summed E-state index contributed by atoms with van der Waals surface area (Å²) in [5.74, 6) is 1.60. The fraction of sp³-hybridized carbons (Fsp3) is 0.294. The van der Waals surface area contributed by atoms with Crippen molar-refractivity contribution in [2.24, 2.45) is 0 Å². The Hall–Kier alpha value is -2.80. The van der Waals surface area contributed by atoms with Gasteiger partial charge in [0.1, 0.15) is 11.5 Å². The quantitative estimate of drug-likeness (QED) is 0.790. The third-order valence-corrected chi connectivity index (χ3v) is 4.03. The summed E-state index contributed by atoms with van der Waals surface area (Å²) < 4.78 is 5.43. The summed E-state index contributed by atoms with van der Waals surface area (Å²) in [5, 5.41) is 13.9. The lowest BCUT2D eigenvalue weighted by Crippen LogP contribution is -2.39. The molecule has 0 spiro atoms. The van der Waals surface area contributed by atoms with Crippen LogP contribution in [0.25, 0.3) is 23.0 Å². The summed E-state index contributed by atoms with van der Waals surface area (Å²) >= 11 is 0. The van der Waals surface area contributed by atoms with Crippen LogP contribution in [0.2, 0.25) is 0 Å². The summed E-state index contributed by atoms with van der Waals surface area (Å²) in [6.45, 7) is 1.41. The van der Waals surface area contributed by atoms with Gasteiger partial charge in [-0.05, 0) is 37.1 Å². The highest BCUT2D eigenvalue weighted by molar-refractivity contribution is 5.70. The van der Waals surface area contributed by atoms with Gasteiger partial charge in [0.05, 0.1) is 11.7 Å². The number of aliphatic hydroxyl groups is 1. The van der Waals surface area contributed by atoms with Crippen LogP contribution in [0.4, 0.5) is 5.82 Å². The molecule has 7 nitrogen and oxygen atoms in total. The monoisotopic (exact) mass is 323 g/mol. The summed E-state index contributed by atoms with van der Waals surface area (Å²) in [6, 6.07) is 9.29. The van der Waals surface area contributed by atoms with Crippen molar-refractivity contribution in [3.63, 3.8) is 0 Å². The number of piperidine rings is 1. The minimum absolute atomic E-state index is 0.333. The minimum Gasteiger partial charge on any atom is -0.391 e. The Bertz CT molecular complexity index is 821. The van der Waals surface area contributed by atoms with Crippen LogP contribution in [0.3, 0.4) is 0 Å². The molecule has 7 heteroatoms. The summed E-state index contributed by atoms with van der Waals surface area (Å²) in [6.07, 6.45) is 4.84. The van der Waals surface area contributed by atoms with Gasteiger partial charge in [-0.2, -0.15) is 4.98 Å². The second-order valence-corrected chi connectivity index (χ2v) is 5.75. The van der Waals surface area contributed by atoms with E-state index >= 15 is 0 Å². The summed E-state index contributed by atoms with van der Waals surface area (Å²) in [4.78, 5) is 15.2. The highest BCUT2D eigenvalue weighted by Crippen LogP contribution is 2.30. The first-order valence-electron chi connectivity index (χ1n) is 7.95. The molecule has 1 N–H and O–H groups in total. The largest absolute Gasteiger partial charge is 0.391 e. The number of aromatic nitrogens is 4. The molecule has 0 aliphatic carbocycles. The van der Waals surface area contributed by atoms with Crippen molar-refractivity contribution in [2.75, 3.05) is 18.0 Å². The van der Waals surface area contributed by atoms with Crippen molar-refractivity contribution in [1.29, 1.82) is 0 Å². The van der Waals surface area contributed by atoms with Crippen LogP contribution in [0.1, 0.15) is 12.8 Å². The van der Waals surface area contributed by atoms with E-state index in [0.717, 1.165) is 30.8 Å². The van der Waals surface area contributed by atoms with Crippen molar-refractivity contribution >= 4 is 5.82 Å². The molecule has 1 aliphatic rings. The fourth-order valence-electron chi connectivity index (χ4n) is 2.89. The normalized spacial score (nSPS) is 17.9. The van der Waals surface area contributed by atoms with E-state index in [0.29, 0.717) is 24.0 Å². The average Bonchev–Trinajstić information content (AvgIpc) is 3.12. The first kappa shape index (κ1) is 14.8. The Morgan fingerprint density at radius 2 is 2.04 bits per heavy atom. The van der Waals surface area contributed by atoms with Crippen molar-refractivity contribution in [2.45, 2.75) is 18.9 Å². The van der Waals surface area contributed by atoms with Crippen LogP contribution in [0, 0.1) is 0 Å². The van der Waals surface area contributed by atoms with Gasteiger partial charge >= 0.3 is 0 Å². The van der Waals surface area contributed by atoms with E-state index < -0.39 is 0 Å². The van der Waals surface area contributed by atoms with Gasteiger partial charge in [0.25, 0.3) is 5.89 Å². The first-order valence-corrected chi connectivity index (χ1v) is 7.95. The molecular formula is C17H17N5O2. The second-order valence-electron chi connectivity index (χ2n) is 5.75. The number of rotatable bonds is 3. The van der Waals surface area contributed by atoms with Crippen molar-refractivity contribution in [1.82, 2.24) is 20.1 Å². The molecule has 4 heterocycles. The van der Waals surface area contributed by atoms with Crippen LogP contribution in [-0.2, 0) is 0 Å². The Kier molecular flexibility index (Phi) is 3.92. The third kappa shape index (κ3) is 2.85. The average molecular weight is 323 g/mol. The Morgan fingerprint density at radius 3 is 2.88 bits per heavy atom. The van der Waals surface area contributed by atoms with Crippen molar-refractivity contribution < 1.29 is 9.63 Å². The van der Waals surface area contributed by atoms with Gasteiger partial charge in [0.2, 0.25) is 5.82 Å². The maximum absolute atomic E-state index is 9.93. The SMILES string of the molecule is OC1CCCN(c2ncccc2-c2nc(-c3ccccn3)no2)C1. The van der Waals surface area contributed by atoms with E-state index in [-0.39, 0.29) is 6.10 Å². The minimum atomic E-state index is -0.333. The number of hydrogen-bond acceptors (Lipinski definition) is 7. The molecule has 1 fully saturated rings. The maximum atomic E-state index is 9.93. The molecule has 122 valence electrons. The molecule has 1 unspecified atom stereocenters. The van der Waals surface area contributed by atoms with Gasteiger partial charge in [-0.3, -0.25) is 4.98 Å². The molecule has 3 aromatic rings. The van der Waals surface area contributed by atoms with Gasteiger partial charge < -0.3 is 14.5 Å². The zero-order valence-electron chi connectivity index (χ0n) is 13.0. The molecule has 0 bridgehead atoms. The molecule has 0 amide bonds. The van der Waals surface area contributed by atoms with E-state index in [2.05, 4.69) is 25.0 Å². The van der Waals surface area contributed by atoms with Gasteiger partial charge in [0.15, 0.2) is 0 Å². The molecule has 24 heavy (non-hydrogen) atoms. The predicted molar refractivity (Wildman–Crippen MR) is 88.2 cm³/mol. The predicted octanol–water partition coefficient (Wildman–Crippen LogP) is 2.15. The lowest BCUT2D eigenvalue weighted by molar-refractivity contribution is 0.154. The Labute approximate surface area is 139 Å². The van der Waals surface area contributed by atoms with E-state index in [1.165, 1.54) is 0 Å². The van der Waals surface area contributed by atoms with Crippen molar-refractivity contribution in [3.8, 4) is 23.0 Å².